The average molecular weight is 842 g/mol. The number of nitrogens with zero attached hydrogens (tertiary/aromatic N) is 1. The first-order valence-electron chi connectivity index (χ1n) is 23.0. The molecule has 2 aromatic heterocycles. The number of anilines is 3. The van der Waals surface area contributed by atoms with Crippen LogP contribution in [0.25, 0.3) is 44.9 Å². The second-order valence-corrected chi connectivity index (χ2v) is 20.3. The van der Waals surface area contributed by atoms with Crippen molar-refractivity contribution in [3.8, 4) is 44.9 Å². The fraction of sp³-hybridized carbons (Fsp3) is 0.167. The SMILES string of the molecule is Cc1ccc(-c2ccc(-c3ccc4c(c3)B(c3ccc(C(C)(C)C)cc3)c3cc(-c5ccc(-c6ccc(C)o6)cc5)cc5c3N4c3ccccc3B5c3ccc(C(C)(C)C)cc3)cc2)o1. The molecule has 0 N–H and O–H groups in total. The van der Waals surface area contributed by atoms with Gasteiger partial charge in [-0.2, -0.15) is 0 Å². The summed E-state index contributed by atoms with van der Waals surface area (Å²) in [7, 11) is 0. The van der Waals surface area contributed by atoms with E-state index >= 15 is 0 Å². The highest BCUT2D eigenvalue weighted by atomic mass is 16.3. The van der Waals surface area contributed by atoms with Crippen molar-refractivity contribution in [2.45, 2.75) is 66.2 Å². The maximum Gasteiger partial charge on any atom is 0.246 e. The van der Waals surface area contributed by atoms with E-state index in [0.29, 0.717) is 0 Å². The summed E-state index contributed by atoms with van der Waals surface area (Å²) in [5.74, 6) is 3.60. The van der Waals surface area contributed by atoms with Gasteiger partial charge in [0.2, 0.25) is 13.4 Å². The molecule has 0 saturated carbocycles. The lowest BCUT2D eigenvalue weighted by atomic mass is 9.30. The van der Waals surface area contributed by atoms with Crippen molar-refractivity contribution in [2.24, 2.45) is 0 Å². The third kappa shape index (κ3) is 7.19. The van der Waals surface area contributed by atoms with Crippen LogP contribution in [0.5, 0.6) is 0 Å². The molecule has 0 aliphatic carbocycles. The van der Waals surface area contributed by atoms with Crippen molar-refractivity contribution in [2.75, 3.05) is 4.90 Å². The maximum atomic E-state index is 6.06. The van der Waals surface area contributed by atoms with E-state index in [9.17, 15) is 0 Å². The van der Waals surface area contributed by atoms with Gasteiger partial charge in [0.15, 0.2) is 0 Å². The summed E-state index contributed by atoms with van der Waals surface area (Å²) in [6.45, 7) is 17.7. The molecule has 7 aromatic carbocycles. The molecule has 65 heavy (non-hydrogen) atoms. The monoisotopic (exact) mass is 841 g/mol. The van der Waals surface area contributed by atoms with Crippen molar-refractivity contribution in [3.63, 3.8) is 0 Å². The van der Waals surface area contributed by atoms with Crippen molar-refractivity contribution >= 4 is 63.3 Å². The second-order valence-electron chi connectivity index (χ2n) is 20.3. The van der Waals surface area contributed by atoms with E-state index in [2.05, 4.69) is 210 Å². The van der Waals surface area contributed by atoms with Crippen LogP contribution < -0.4 is 37.7 Å². The molecular weight excluding hydrogens is 788 g/mol. The molecule has 0 atom stereocenters. The number of furan rings is 2. The number of hydrogen-bond acceptors (Lipinski definition) is 3. The van der Waals surface area contributed by atoms with Crippen molar-refractivity contribution in [3.05, 3.63) is 199 Å². The Bertz CT molecular complexity index is 3230. The summed E-state index contributed by atoms with van der Waals surface area (Å²) in [5.41, 5.74) is 21.2. The maximum absolute atomic E-state index is 6.06. The van der Waals surface area contributed by atoms with Crippen LogP contribution >= 0.6 is 0 Å². The van der Waals surface area contributed by atoms with Gasteiger partial charge in [-0.15, -0.1) is 0 Å². The van der Waals surface area contributed by atoms with E-state index in [1.807, 2.05) is 26.0 Å². The van der Waals surface area contributed by atoms with Gasteiger partial charge in [0.25, 0.3) is 0 Å². The Balaban J connectivity index is 1.16. The molecule has 2 aliphatic heterocycles. The molecule has 0 amide bonds. The molecule has 0 spiro atoms. The van der Waals surface area contributed by atoms with Gasteiger partial charge in [-0.3, -0.25) is 0 Å². The number of fused-ring (bicyclic) bond motifs is 4. The molecule has 0 fully saturated rings. The third-order valence-electron chi connectivity index (χ3n) is 13.8. The van der Waals surface area contributed by atoms with Crippen molar-refractivity contribution < 1.29 is 8.83 Å². The first kappa shape index (κ1) is 40.8. The molecule has 316 valence electrons. The largest absolute Gasteiger partial charge is 0.461 e. The molecule has 0 saturated heterocycles. The van der Waals surface area contributed by atoms with Crippen LogP contribution in [0.2, 0.25) is 0 Å². The highest BCUT2D eigenvalue weighted by Gasteiger charge is 2.44. The van der Waals surface area contributed by atoms with Crippen LogP contribution in [0, 0.1) is 13.8 Å². The van der Waals surface area contributed by atoms with Gasteiger partial charge < -0.3 is 13.7 Å². The molecule has 0 unspecified atom stereocenters. The fourth-order valence-corrected chi connectivity index (χ4v) is 10.3. The molecule has 9 aromatic rings. The Hall–Kier alpha value is -6.97. The van der Waals surface area contributed by atoms with Crippen LogP contribution in [0.3, 0.4) is 0 Å². The normalized spacial score (nSPS) is 13.1. The lowest BCUT2D eigenvalue weighted by molar-refractivity contribution is 0.548. The summed E-state index contributed by atoms with van der Waals surface area (Å²) in [4.78, 5) is 2.58. The number of para-hydroxylation sites is 1. The van der Waals surface area contributed by atoms with Crippen LogP contribution in [0.4, 0.5) is 17.1 Å². The van der Waals surface area contributed by atoms with Gasteiger partial charge in [0, 0.05) is 28.2 Å². The summed E-state index contributed by atoms with van der Waals surface area (Å²) < 4.78 is 12.1. The standard InChI is InChI=1S/C60H53B2NO2/c1-38-13-33-56(64-38)42-19-15-40(16-20-42)44-23-32-55-51(35-44)62(49-30-26-47(27-31-49)60(6,7)8)53-37-45(41-17-21-43(22-18-41)57-34-14-39(2)65-57)36-52-58(53)63(55)54-12-10-9-11-50(54)61(52)48-28-24-46(25-29-48)59(3,4)5/h9-37H,1-8H3. The minimum atomic E-state index is -0.0335. The number of rotatable bonds is 6. The zero-order valence-corrected chi connectivity index (χ0v) is 38.7. The molecule has 11 rings (SSSR count). The van der Waals surface area contributed by atoms with Crippen LogP contribution in [0.15, 0.2) is 185 Å². The van der Waals surface area contributed by atoms with Crippen LogP contribution in [-0.4, -0.2) is 13.4 Å². The quantitative estimate of drug-likeness (QED) is 0.156. The Morgan fingerprint density at radius 1 is 0.369 bits per heavy atom. The average Bonchev–Trinajstić information content (AvgIpc) is 3.96. The molecular formula is C60H53B2NO2. The minimum absolute atomic E-state index is 0.0248. The van der Waals surface area contributed by atoms with Crippen molar-refractivity contribution in [1.29, 1.82) is 0 Å². The summed E-state index contributed by atoms with van der Waals surface area (Å²) in [5, 5.41) is 0. The van der Waals surface area contributed by atoms with Crippen LogP contribution in [0.1, 0.15) is 64.2 Å². The molecule has 4 heterocycles. The van der Waals surface area contributed by atoms with E-state index < -0.39 is 0 Å². The van der Waals surface area contributed by atoms with Gasteiger partial charge >= 0.3 is 0 Å². The van der Waals surface area contributed by atoms with Gasteiger partial charge in [-0.25, -0.2) is 0 Å². The zero-order valence-electron chi connectivity index (χ0n) is 38.7. The van der Waals surface area contributed by atoms with Gasteiger partial charge in [-0.1, -0.05) is 192 Å². The highest BCUT2D eigenvalue weighted by molar-refractivity contribution is 7.02. The van der Waals surface area contributed by atoms with Crippen molar-refractivity contribution in [1.82, 2.24) is 0 Å². The number of aryl methyl sites for hydroxylation is 2. The number of hydrogen-bond donors (Lipinski definition) is 0. The highest BCUT2D eigenvalue weighted by Crippen LogP contribution is 2.40. The topological polar surface area (TPSA) is 29.5 Å². The molecule has 5 heteroatoms. The Morgan fingerprint density at radius 2 is 0.785 bits per heavy atom. The van der Waals surface area contributed by atoms with E-state index in [-0.39, 0.29) is 24.3 Å². The first-order valence-corrected chi connectivity index (χ1v) is 23.0. The first-order chi connectivity index (χ1) is 31.3. The third-order valence-corrected chi connectivity index (χ3v) is 13.8. The minimum Gasteiger partial charge on any atom is -0.461 e. The smallest absolute Gasteiger partial charge is 0.246 e. The number of benzene rings is 7. The Morgan fingerprint density at radius 3 is 1.26 bits per heavy atom. The van der Waals surface area contributed by atoms with E-state index in [4.69, 9.17) is 8.83 Å². The Labute approximate surface area is 385 Å². The predicted molar refractivity (Wildman–Crippen MR) is 276 cm³/mol. The van der Waals surface area contributed by atoms with Gasteiger partial charge in [-0.05, 0) is 116 Å². The Kier molecular flexibility index (Phi) is 9.62. The van der Waals surface area contributed by atoms with Gasteiger partial charge in [0.1, 0.15) is 23.0 Å². The molecule has 0 radical (unpaired) electrons. The lowest BCUT2D eigenvalue weighted by Crippen LogP contribution is -2.65. The predicted octanol–water partition coefficient (Wildman–Crippen LogP) is 11.9. The second kappa shape index (κ2) is 15.3. The van der Waals surface area contributed by atoms with Crippen LogP contribution in [-0.2, 0) is 10.8 Å². The summed E-state index contributed by atoms with van der Waals surface area (Å²) >= 11 is 0. The van der Waals surface area contributed by atoms with Gasteiger partial charge in [0.05, 0.1) is 0 Å². The molecule has 3 nitrogen and oxygen atoms in total. The molecule has 0 bridgehead atoms. The zero-order chi connectivity index (χ0) is 44.8. The fourth-order valence-electron chi connectivity index (χ4n) is 10.3. The summed E-state index contributed by atoms with van der Waals surface area (Å²) in [6.07, 6.45) is 0. The molecule has 2 aliphatic rings. The van der Waals surface area contributed by atoms with E-state index in [1.54, 1.807) is 0 Å². The summed E-state index contributed by atoms with van der Waals surface area (Å²) in [6, 6.07) is 66.0. The lowest BCUT2D eigenvalue weighted by Gasteiger charge is -2.44. The van der Waals surface area contributed by atoms with E-state index in [0.717, 1.165) is 34.2 Å². The van der Waals surface area contributed by atoms with E-state index in [1.165, 1.54) is 83.2 Å².